The van der Waals surface area contributed by atoms with Crippen molar-refractivity contribution in [3.63, 3.8) is 0 Å². The number of phenolic OH excluding ortho intramolecular Hbond substituents is 1. The van der Waals surface area contributed by atoms with E-state index in [1.165, 1.54) is 11.3 Å². The molecule has 1 aliphatic heterocycles. The van der Waals surface area contributed by atoms with E-state index in [-0.39, 0.29) is 11.3 Å². The summed E-state index contributed by atoms with van der Waals surface area (Å²) in [6.45, 7) is 8.15. The summed E-state index contributed by atoms with van der Waals surface area (Å²) in [6, 6.07) is 11.2. The summed E-state index contributed by atoms with van der Waals surface area (Å²) in [4.78, 5) is 26.9. The molecule has 9 nitrogen and oxygen atoms in total. The number of fused-ring (bicyclic) bond motifs is 1. The quantitative estimate of drug-likeness (QED) is 0.485. The Balaban J connectivity index is 1.45. The number of aryl methyl sites for hydroxylation is 3. The molecule has 4 aromatic rings. The Labute approximate surface area is 197 Å². The van der Waals surface area contributed by atoms with Gasteiger partial charge in [-0.3, -0.25) is 9.48 Å². The Kier molecular flexibility index (Phi) is 5.49. The fourth-order valence-electron chi connectivity index (χ4n) is 4.59. The number of rotatable bonds is 4. The lowest BCUT2D eigenvalue weighted by molar-refractivity contribution is 0.312. The number of nitrogens with one attached hydrogen (secondary N) is 1. The van der Waals surface area contributed by atoms with Crippen molar-refractivity contribution in [1.29, 1.82) is 0 Å². The van der Waals surface area contributed by atoms with Crippen LogP contribution in [0.1, 0.15) is 11.1 Å². The van der Waals surface area contributed by atoms with E-state index in [2.05, 4.69) is 51.2 Å². The van der Waals surface area contributed by atoms with E-state index in [1.54, 1.807) is 40.8 Å². The number of benzene rings is 2. The van der Waals surface area contributed by atoms with Gasteiger partial charge in [-0.1, -0.05) is 0 Å². The number of phenols is 1. The van der Waals surface area contributed by atoms with Crippen LogP contribution in [0.4, 0.5) is 17.3 Å². The molecule has 34 heavy (non-hydrogen) atoms. The number of nitrogens with zero attached hydrogens (tertiary/aromatic N) is 6. The lowest BCUT2D eigenvalue weighted by Crippen LogP contribution is -2.44. The molecular formula is C25H29N7O2. The first-order valence-corrected chi connectivity index (χ1v) is 11.4. The average molecular weight is 460 g/mol. The van der Waals surface area contributed by atoms with Crippen molar-refractivity contribution >= 4 is 28.4 Å². The first-order valence-electron chi connectivity index (χ1n) is 11.4. The van der Waals surface area contributed by atoms with Crippen LogP contribution >= 0.6 is 0 Å². The topological polar surface area (TPSA) is 91.5 Å². The molecule has 0 unspecified atom stereocenters. The van der Waals surface area contributed by atoms with Crippen LogP contribution in [-0.2, 0) is 7.05 Å². The maximum atomic E-state index is 13.1. The largest absolute Gasteiger partial charge is 0.508 e. The zero-order valence-corrected chi connectivity index (χ0v) is 19.9. The second kappa shape index (κ2) is 8.49. The Bertz CT molecular complexity index is 1430. The predicted octanol–water partition coefficient (Wildman–Crippen LogP) is 2.94. The molecule has 0 radical (unpaired) electrons. The summed E-state index contributed by atoms with van der Waals surface area (Å²) in [5.74, 6) is 0.586. The Hall–Kier alpha value is -3.85. The number of anilines is 3. The number of piperazine rings is 1. The summed E-state index contributed by atoms with van der Waals surface area (Å²) in [6.07, 6.45) is 1.56. The average Bonchev–Trinajstić information content (AvgIpc) is 3.04. The predicted molar refractivity (Wildman–Crippen MR) is 135 cm³/mol. The van der Waals surface area contributed by atoms with E-state index >= 15 is 0 Å². The highest BCUT2D eigenvalue weighted by molar-refractivity contribution is 5.76. The molecule has 2 N–H and O–H groups in total. The van der Waals surface area contributed by atoms with E-state index in [0.29, 0.717) is 22.7 Å². The molecule has 0 aliphatic carbocycles. The molecule has 5 rings (SSSR count). The molecule has 176 valence electrons. The van der Waals surface area contributed by atoms with E-state index < -0.39 is 0 Å². The van der Waals surface area contributed by atoms with Crippen LogP contribution in [0.15, 0.2) is 47.4 Å². The van der Waals surface area contributed by atoms with E-state index in [9.17, 15) is 9.90 Å². The van der Waals surface area contributed by atoms with Gasteiger partial charge in [0.1, 0.15) is 11.1 Å². The number of hydrogen-bond acceptors (Lipinski definition) is 7. The molecule has 1 saturated heterocycles. The zero-order chi connectivity index (χ0) is 24.0. The SMILES string of the molecule is Cc1cc(Nc2ncc3c(=O)n(-c4ccc(O)cc4C)n(C)c3n2)ccc1N1CCN(C)CC1. The van der Waals surface area contributed by atoms with Crippen LogP contribution in [-0.4, -0.2) is 62.6 Å². The van der Waals surface area contributed by atoms with Gasteiger partial charge in [-0.15, -0.1) is 0 Å². The molecule has 1 aliphatic rings. The normalized spacial score (nSPS) is 14.6. The number of likely N-dealkylation sites (N-methyl/N-ethyl adjacent to an activating group) is 1. The van der Waals surface area contributed by atoms with Gasteiger partial charge in [0.05, 0.1) is 5.69 Å². The highest BCUT2D eigenvalue weighted by atomic mass is 16.3. The van der Waals surface area contributed by atoms with Crippen LogP contribution in [0, 0.1) is 13.8 Å². The van der Waals surface area contributed by atoms with Crippen LogP contribution in [0.25, 0.3) is 16.7 Å². The van der Waals surface area contributed by atoms with E-state index in [1.807, 2.05) is 13.0 Å². The van der Waals surface area contributed by atoms with Crippen molar-refractivity contribution in [2.75, 3.05) is 43.4 Å². The van der Waals surface area contributed by atoms with Gasteiger partial charge < -0.3 is 20.2 Å². The Morgan fingerprint density at radius 2 is 1.65 bits per heavy atom. The number of aromatic nitrogens is 4. The molecule has 1 fully saturated rings. The smallest absolute Gasteiger partial charge is 0.282 e. The van der Waals surface area contributed by atoms with E-state index in [0.717, 1.165) is 37.4 Å². The van der Waals surface area contributed by atoms with Crippen LogP contribution in [0.3, 0.4) is 0 Å². The van der Waals surface area contributed by atoms with Crippen molar-refractivity contribution < 1.29 is 5.11 Å². The third kappa shape index (κ3) is 3.88. The zero-order valence-electron chi connectivity index (χ0n) is 19.9. The molecule has 0 saturated carbocycles. The van der Waals surface area contributed by atoms with Gasteiger partial charge in [-0.25, -0.2) is 9.67 Å². The maximum absolute atomic E-state index is 13.1. The molecule has 2 aromatic carbocycles. The van der Waals surface area contributed by atoms with Crippen LogP contribution < -0.4 is 15.8 Å². The molecule has 0 bridgehead atoms. The number of aromatic hydroxyl groups is 1. The fraction of sp³-hybridized carbons (Fsp3) is 0.320. The fourth-order valence-corrected chi connectivity index (χ4v) is 4.59. The first-order chi connectivity index (χ1) is 16.3. The minimum Gasteiger partial charge on any atom is -0.508 e. The van der Waals surface area contributed by atoms with Crippen LogP contribution in [0.5, 0.6) is 5.75 Å². The highest BCUT2D eigenvalue weighted by Crippen LogP contribution is 2.26. The van der Waals surface area contributed by atoms with Gasteiger partial charge in [0.2, 0.25) is 5.95 Å². The molecule has 0 spiro atoms. The van der Waals surface area contributed by atoms with Crippen molar-refractivity contribution in [3.05, 3.63) is 64.1 Å². The first kappa shape index (κ1) is 22.0. The second-order valence-electron chi connectivity index (χ2n) is 8.96. The Morgan fingerprint density at radius 1 is 0.941 bits per heavy atom. The summed E-state index contributed by atoms with van der Waals surface area (Å²) in [5.41, 5.74) is 5.14. The third-order valence-corrected chi connectivity index (χ3v) is 6.50. The van der Waals surface area contributed by atoms with Gasteiger partial charge in [-0.2, -0.15) is 4.98 Å². The lowest BCUT2D eigenvalue weighted by Gasteiger charge is -2.35. The summed E-state index contributed by atoms with van der Waals surface area (Å²) in [5, 5.41) is 13.4. The lowest BCUT2D eigenvalue weighted by atomic mass is 10.1. The monoisotopic (exact) mass is 459 g/mol. The molecule has 3 heterocycles. The molecule has 2 aromatic heterocycles. The van der Waals surface area contributed by atoms with E-state index in [4.69, 9.17) is 0 Å². The minimum atomic E-state index is -0.204. The van der Waals surface area contributed by atoms with Gasteiger partial charge in [0.25, 0.3) is 5.56 Å². The minimum absolute atomic E-state index is 0.160. The van der Waals surface area contributed by atoms with Gasteiger partial charge in [-0.05, 0) is 68.4 Å². The summed E-state index contributed by atoms with van der Waals surface area (Å²) in [7, 11) is 3.95. The van der Waals surface area contributed by atoms with Gasteiger partial charge >= 0.3 is 0 Å². The standard InChI is InChI=1S/C25H29N7O2/c1-16-13-18(5-7-21(16)31-11-9-29(3)10-12-31)27-25-26-15-20-23(28-25)30(4)32(24(20)34)22-8-6-19(33)14-17(22)2/h5-8,13-15,33H,9-12H2,1-4H3,(H,26,27,28). The van der Waals surface area contributed by atoms with Crippen molar-refractivity contribution in [3.8, 4) is 11.4 Å². The molecule has 0 atom stereocenters. The van der Waals surface area contributed by atoms with Gasteiger partial charge in [0.15, 0.2) is 5.65 Å². The van der Waals surface area contributed by atoms with Crippen molar-refractivity contribution in [2.24, 2.45) is 7.05 Å². The summed E-state index contributed by atoms with van der Waals surface area (Å²) >= 11 is 0. The Morgan fingerprint density at radius 3 is 2.35 bits per heavy atom. The third-order valence-electron chi connectivity index (χ3n) is 6.50. The molecule has 0 amide bonds. The van der Waals surface area contributed by atoms with Crippen molar-refractivity contribution in [2.45, 2.75) is 13.8 Å². The van der Waals surface area contributed by atoms with Crippen molar-refractivity contribution in [1.82, 2.24) is 24.2 Å². The van der Waals surface area contributed by atoms with Gasteiger partial charge in [0, 0.05) is 50.8 Å². The maximum Gasteiger partial charge on any atom is 0.282 e. The molecular weight excluding hydrogens is 430 g/mol. The highest BCUT2D eigenvalue weighted by Gasteiger charge is 2.18. The molecule has 9 heteroatoms. The number of hydrogen-bond donors (Lipinski definition) is 2. The van der Waals surface area contributed by atoms with Crippen LogP contribution in [0.2, 0.25) is 0 Å². The second-order valence-corrected chi connectivity index (χ2v) is 8.96. The summed E-state index contributed by atoms with van der Waals surface area (Å²) < 4.78 is 3.26.